The molecular formula is C24H24F4N4S. The molecule has 1 aliphatic carbocycles. The number of halogens is 4. The van der Waals surface area contributed by atoms with Crippen LogP contribution < -0.4 is 4.72 Å². The lowest BCUT2D eigenvalue weighted by molar-refractivity contribution is -0.140. The summed E-state index contributed by atoms with van der Waals surface area (Å²) in [4.78, 5) is 3.44. The first kappa shape index (κ1) is 23.6. The van der Waals surface area contributed by atoms with Gasteiger partial charge in [-0.1, -0.05) is 32.7 Å². The number of hydrogen-bond donors (Lipinski definition) is 1. The molecule has 4 rings (SSSR count). The molecule has 2 aromatic heterocycles. The Hall–Kier alpha value is -2.57. The van der Waals surface area contributed by atoms with Crippen molar-refractivity contribution in [3.05, 3.63) is 53.2 Å². The first-order valence-corrected chi connectivity index (χ1v) is 11.5. The third-order valence-electron chi connectivity index (χ3n) is 5.30. The minimum absolute atomic E-state index is 0.0961. The van der Waals surface area contributed by atoms with Crippen molar-refractivity contribution >= 4 is 22.9 Å². The molecule has 0 atom stereocenters. The highest BCUT2D eigenvalue weighted by molar-refractivity contribution is 7.98. The predicted octanol–water partition coefficient (Wildman–Crippen LogP) is 6.68. The van der Waals surface area contributed by atoms with Crippen LogP contribution in [-0.2, 0) is 19.3 Å². The molecular weight excluding hydrogens is 452 g/mol. The third-order valence-corrected chi connectivity index (χ3v) is 6.42. The van der Waals surface area contributed by atoms with Gasteiger partial charge in [0.15, 0.2) is 5.69 Å². The van der Waals surface area contributed by atoms with Gasteiger partial charge in [-0.15, -0.1) is 0 Å². The zero-order valence-electron chi connectivity index (χ0n) is 18.6. The molecule has 3 aromatic rings. The first-order chi connectivity index (χ1) is 15.5. The fourth-order valence-corrected chi connectivity index (χ4v) is 4.60. The van der Waals surface area contributed by atoms with Crippen LogP contribution in [0.5, 0.6) is 0 Å². The van der Waals surface area contributed by atoms with Crippen LogP contribution in [0.2, 0.25) is 0 Å². The maximum atomic E-state index is 15.2. The molecule has 0 spiro atoms. The molecule has 1 N–H and O–H groups in total. The topological polar surface area (TPSA) is 53.6 Å². The average Bonchev–Trinajstić information content (AvgIpc) is 3.49. The van der Waals surface area contributed by atoms with E-state index in [1.807, 2.05) is 10.8 Å². The molecule has 33 heavy (non-hydrogen) atoms. The van der Waals surface area contributed by atoms with Gasteiger partial charge < -0.3 is 4.57 Å². The average molecular weight is 477 g/mol. The van der Waals surface area contributed by atoms with Crippen LogP contribution in [0.3, 0.4) is 0 Å². The highest BCUT2D eigenvalue weighted by Gasteiger charge is 2.37. The highest BCUT2D eigenvalue weighted by Crippen LogP contribution is 2.39. The number of nitrogens with zero attached hydrogens (tertiary/aromatic N) is 3. The van der Waals surface area contributed by atoms with Crippen LogP contribution in [0, 0.1) is 22.6 Å². The van der Waals surface area contributed by atoms with Gasteiger partial charge in [0.2, 0.25) is 0 Å². The first-order valence-electron chi connectivity index (χ1n) is 10.6. The van der Waals surface area contributed by atoms with Gasteiger partial charge >= 0.3 is 6.18 Å². The van der Waals surface area contributed by atoms with Gasteiger partial charge in [0, 0.05) is 46.6 Å². The molecule has 0 aliphatic heterocycles. The van der Waals surface area contributed by atoms with E-state index < -0.39 is 17.7 Å². The Morgan fingerprint density at radius 2 is 1.91 bits per heavy atom. The smallest absolute Gasteiger partial charge is 0.347 e. The van der Waals surface area contributed by atoms with Crippen molar-refractivity contribution < 1.29 is 17.6 Å². The maximum Gasteiger partial charge on any atom is 0.434 e. The van der Waals surface area contributed by atoms with Crippen molar-refractivity contribution in [2.75, 3.05) is 0 Å². The summed E-state index contributed by atoms with van der Waals surface area (Å²) in [6.07, 6.45) is -0.517. The van der Waals surface area contributed by atoms with E-state index in [1.54, 1.807) is 18.0 Å². The second kappa shape index (κ2) is 8.65. The summed E-state index contributed by atoms with van der Waals surface area (Å²) in [6, 6.07) is 6.67. The largest absolute Gasteiger partial charge is 0.434 e. The number of nitrogens with one attached hydrogen (secondary N) is 1. The number of benzene rings is 1. The molecule has 2 heterocycles. The van der Waals surface area contributed by atoms with E-state index in [4.69, 9.17) is 5.26 Å². The Morgan fingerprint density at radius 3 is 2.52 bits per heavy atom. The van der Waals surface area contributed by atoms with Gasteiger partial charge in [0.25, 0.3) is 0 Å². The normalized spacial score (nSPS) is 14.6. The van der Waals surface area contributed by atoms with Gasteiger partial charge in [0.1, 0.15) is 17.6 Å². The summed E-state index contributed by atoms with van der Waals surface area (Å²) in [5, 5.41) is 10.3. The minimum atomic E-state index is -4.83. The van der Waals surface area contributed by atoms with Crippen molar-refractivity contribution in [1.82, 2.24) is 14.3 Å². The fourth-order valence-electron chi connectivity index (χ4n) is 3.75. The summed E-state index contributed by atoms with van der Waals surface area (Å²) < 4.78 is 61.7. The Labute approximate surface area is 194 Å². The lowest BCUT2D eigenvalue weighted by Crippen LogP contribution is -2.15. The number of hydrogen-bond acceptors (Lipinski definition) is 4. The number of fused-ring (bicyclic) bond motifs is 1. The summed E-state index contributed by atoms with van der Waals surface area (Å²) in [5.74, 6) is -0.760. The zero-order valence-corrected chi connectivity index (χ0v) is 19.4. The fraction of sp³-hybridized carbons (Fsp3) is 0.417. The van der Waals surface area contributed by atoms with Crippen molar-refractivity contribution in [2.24, 2.45) is 5.41 Å². The van der Waals surface area contributed by atoms with Crippen LogP contribution in [0.15, 0.2) is 30.5 Å². The predicted molar refractivity (Wildman–Crippen MR) is 122 cm³/mol. The third kappa shape index (κ3) is 5.33. The van der Waals surface area contributed by atoms with E-state index in [-0.39, 0.29) is 22.2 Å². The molecule has 0 amide bonds. The van der Waals surface area contributed by atoms with Gasteiger partial charge in [-0.3, -0.25) is 4.72 Å². The number of nitriles is 1. The Kier molecular flexibility index (Phi) is 6.18. The SMILES string of the molecule is CC(C)(C)Cn1cc(CNSC2CC2)c2cc(F)c(-c3ccc(C#N)nc3C(F)(F)F)cc21. The van der Waals surface area contributed by atoms with E-state index >= 15 is 4.39 Å². The molecule has 1 fully saturated rings. The second-order valence-electron chi connectivity index (χ2n) is 9.53. The second-order valence-corrected chi connectivity index (χ2v) is 10.7. The number of rotatable bonds is 6. The lowest BCUT2D eigenvalue weighted by atomic mass is 9.96. The Bertz CT molecular complexity index is 1230. The number of alkyl halides is 3. The van der Waals surface area contributed by atoms with E-state index in [0.717, 1.165) is 11.6 Å². The van der Waals surface area contributed by atoms with Crippen molar-refractivity contribution in [3.63, 3.8) is 0 Å². The lowest BCUT2D eigenvalue weighted by Gasteiger charge is -2.20. The van der Waals surface area contributed by atoms with E-state index in [0.29, 0.717) is 29.2 Å². The Morgan fingerprint density at radius 1 is 1.18 bits per heavy atom. The molecule has 1 saturated carbocycles. The van der Waals surface area contributed by atoms with Crippen LogP contribution in [0.25, 0.3) is 22.0 Å². The molecule has 0 unspecified atom stereocenters. The molecule has 174 valence electrons. The van der Waals surface area contributed by atoms with Crippen LogP contribution >= 0.6 is 11.9 Å². The molecule has 0 radical (unpaired) electrons. The summed E-state index contributed by atoms with van der Waals surface area (Å²) >= 11 is 1.67. The standard InChI is InChI=1S/C24H24F4N4S/c1-23(2,3)13-32-12-14(11-30-33-16-5-6-16)18-8-20(25)19(9-21(18)32)17-7-4-15(10-29)31-22(17)24(26,27)28/h4,7-9,12,16,30H,5-6,11,13H2,1-3H3. The number of aromatic nitrogens is 2. The Balaban J connectivity index is 1.85. The summed E-state index contributed by atoms with van der Waals surface area (Å²) in [7, 11) is 0. The van der Waals surface area contributed by atoms with Crippen LogP contribution in [0.1, 0.15) is 50.6 Å². The molecule has 4 nitrogen and oxygen atoms in total. The van der Waals surface area contributed by atoms with Gasteiger partial charge in [-0.2, -0.15) is 18.4 Å². The van der Waals surface area contributed by atoms with Crippen molar-refractivity contribution in [1.29, 1.82) is 5.26 Å². The van der Waals surface area contributed by atoms with Crippen molar-refractivity contribution in [3.8, 4) is 17.2 Å². The van der Waals surface area contributed by atoms with E-state index in [1.165, 1.54) is 31.0 Å². The maximum absolute atomic E-state index is 15.2. The number of pyridine rings is 1. The van der Waals surface area contributed by atoms with Crippen molar-refractivity contribution in [2.45, 2.75) is 58.1 Å². The van der Waals surface area contributed by atoms with E-state index in [9.17, 15) is 13.2 Å². The van der Waals surface area contributed by atoms with Gasteiger partial charge in [-0.05, 0) is 48.1 Å². The minimum Gasteiger partial charge on any atom is -0.347 e. The molecule has 0 saturated heterocycles. The molecule has 1 aromatic carbocycles. The molecule has 1 aliphatic rings. The molecule has 0 bridgehead atoms. The quantitative estimate of drug-likeness (QED) is 0.319. The highest BCUT2D eigenvalue weighted by atomic mass is 32.2. The van der Waals surface area contributed by atoms with Gasteiger partial charge in [0.05, 0.1) is 0 Å². The monoisotopic (exact) mass is 476 g/mol. The van der Waals surface area contributed by atoms with Crippen LogP contribution in [0.4, 0.5) is 17.6 Å². The summed E-state index contributed by atoms with van der Waals surface area (Å²) in [5.41, 5.74) is -0.753. The summed E-state index contributed by atoms with van der Waals surface area (Å²) in [6.45, 7) is 7.34. The van der Waals surface area contributed by atoms with Gasteiger partial charge in [-0.25, -0.2) is 9.37 Å². The molecule has 9 heteroatoms. The van der Waals surface area contributed by atoms with E-state index in [2.05, 4.69) is 30.5 Å². The van der Waals surface area contributed by atoms with Crippen LogP contribution in [-0.4, -0.2) is 14.8 Å². The zero-order chi connectivity index (χ0) is 24.0.